The molecule has 0 radical (unpaired) electrons. The summed E-state index contributed by atoms with van der Waals surface area (Å²) in [5.41, 5.74) is 1.86. The summed E-state index contributed by atoms with van der Waals surface area (Å²) < 4.78 is 15.2. The lowest BCUT2D eigenvalue weighted by Crippen LogP contribution is -2.03. The van der Waals surface area contributed by atoms with Crippen molar-refractivity contribution < 1.29 is 9.50 Å². The number of halogens is 1. The lowest BCUT2D eigenvalue weighted by Gasteiger charge is -2.14. The van der Waals surface area contributed by atoms with E-state index in [4.69, 9.17) is 0 Å². The highest BCUT2D eigenvalue weighted by Crippen LogP contribution is 2.24. The topological polar surface area (TPSA) is 38.0 Å². The van der Waals surface area contributed by atoms with Gasteiger partial charge in [0.1, 0.15) is 5.82 Å². The van der Waals surface area contributed by atoms with Gasteiger partial charge in [0, 0.05) is 18.0 Å². The predicted octanol–water partition coefficient (Wildman–Crippen LogP) is 2.37. The average Bonchev–Trinajstić information content (AvgIpc) is 2.74. The smallest absolute Gasteiger partial charge is 0.126 e. The van der Waals surface area contributed by atoms with Gasteiger partial charge in [0.2, 0.25) is 0 Å². The molecule has 0 bridgehead atoms. The molecule has 0 fully saturated rings. The van der Waals surface area contributed by atoms with Crippen molar-refractivity contribution in [3.63, 3.8) is 0 Å². The van der Waals surface area contributed by atoms with Gasteiger partial charge in [0.05, 0.1) is 18.1 Å². The van der Waals surface area contributed by atoms with Gasteiger partial charge in [-0.1, -0.05) is 0 Å². The molecule has 1 atom stereocenters. The van der Waals surface area contributed by atoms with E-state index in [0.29, 0.717) is 11.1 Å². The molecule has 1 N–H and O–H groups in total. The third-order valence-electron chi connectivity index (χ3n) is 2.54. The van der Waals surface area contributed by atoms with E-state index >= 15 is 0 Å². The molecule has 1 unspecified atom stereocenters. The Labute approximate surface area is 93.2 Å². The van der Waals surface area contributed by atoms with Gasteiger partial charge in [0.25, 0.3) is 0 Å². The Balaban J connectivity index is 2.63. The third kappa shape index (κ3) is 1.84. The van der Waals surface area contributed by atoms with E-state index < -0.39 is 6.10 Å². The van der Waals surface area contributed by atoms with Gasteiger partial charge in [-0.05, 0) is 31.5 Å². The summed E-state index contributed by atoms with van der Waals surface area (Å²) in [4.78, 5) is 3.94. The predicted molar refractivity (Wildman–Crippen MR) is 58.9 cm³/mol. The van der Waals surface area contributed by atoms with E-state index in [0.717, 1.165) is 5.69 Å². The first-order valence-electron chi connectivity index (χ1n) is 5.06. The van der Waals surface area contributed by atoms with E-state index in [1.54, 1.807) is 43.2 Å². The molecule has 4 heteroatoms. The van der Waals surface area contributed by atoms with Crippen LogP contribution in [-0.4, -0.2) is 14.7 Å². The van der Waals surface area contributed by atoms with E-state index in [-0.39, 0.29) is 5.82 Å². The molecule has 0 aliphatic carbocycles. The van der Waals surface area contributed by atoms with Gasteiger partial charge in [-0.2, -0.15) is 0 Å². The van der Waals surface area contributed by atoms with Crippen LogP contribution in [0.15, 0.2) is 30.9 Å². The molecule has 0 aliphatic heterocycles. The van der Waals surface area contributed by atoms with Crippen LogP contribution in [0.1, 0.15) is 24.2 Å². The van der Waals surface area contributed by atoms with Gasteiger partial charge < -0.3 is 9.67 Å². The first kappa shape index (κ1) is 10.8. The minimum absolute atomic E-state index is 0.306. The summed E-state index contributed by atoms with van der Waals surface area (Å²) >= 11 is 0. The Kier molecular flexibility index (Phi) is 2.75. The molecule has 84 valence electrons. The molecular weight excluding hydrogens is 207 g/mol. The second-order valence-corrected chi connectivity index (χ2v) is 3.81. The second-order valence-electron chi connectivity index (χ2n) is 3.81. The van der Waals surface area contributed by atoms with Crippen molar-refractivity contribution in [1.29, 1.82) is 0 Å². The van der Waals surface area contributed by atoms with Crippen LogP contribution >= 0.6 is 0 Å². The van der Waals surface area contributed by atoms with Gasteiger partial charge in [0.15, 0.2) is 0 Å². The monoisotopic (exact) mass is 220 g/mol. The van der Waals surface area contributed by atoms with Crippen molar-refractivity contribution in [3.05, 3.63) is 47.8 Å². The Hall–Kier alpha value is -1.68. The fraction of sp³-hybridized carbons (Fsp3) is 0.250. The summed E-state index contributed by atoms with van der Waals surface area (Å²) in [6.07, 6.45) is 4.31. The quantitative estimate of drug-likeness (QED) is 0.843. The fourth-order valence-electron chi connectivity index (χ4n) is 1.64. The number of aromatic nitrogens is 2. The SMILES string of the molecule is Cc1cc(-n2ccnc2)c(C(C)O)cc1F. The molecule has 0 aliphatic rings. The molecule has 16 heavy (non-hydrogen) atoms. The molecule has 3 nitrogen and oxygen atoms in total. The van der Waals surface area contributed by atoms with Crippen LogP contribution < -0.4 is 0 Å². The Morgan fingerprint density at radius 2 is 2.19 bits per heavy atom. The van der Waals surface area contributed by atoms with Gasteiger partial charge in [-0.25, -0.2) is 9.37 Å². The zero-order valence-electron chi connectivity index (χ0n) is 9.18. The molecule has 1 aromatic carbocycles. The molecule has 1 aromatic heterocycles. The van der Waals surface area contributed by atoms with Crippen molar-refractivity contribution in [2.45, 2.75) is 20.0 Å². The zero-order valence-corrected chi connectivity index (χ0v) is 9.18. The lowest BCUT2D eigenvalue weighted by atomic mass is 10.0. The van der Waals surface area contributed by atoms with Crippen molar-refractivity contribution in [3.8, 4) is 5.69 Å². The number of aryl methyl sites for hydroxylation is 1. The summed E-state index contributed by atoms with van der Waals surface area (Å²) in [7, 11) is 0. The normalized spacial score (nSPS) is 12.8. The molecule has 1 heterocycles. The number of aliphatic hydroxyl groups is 1. The van der Waals surface area contributed by atoms with Crippen LogP contribution in [0.2, 0.25) is 0 Å². The fourth-order valence-corrected chi connectivity index (χ4v) is 1.64. The molecule has 2 rings (SSSR count). The molecular formula is C12H13FN2O. The van der Waals surface area contributed by atoms with Crippen LogP contribution in [0.5, 0.6) is 0 Å². The lowest BCUT2D eigenvalue weighted by molar-refractivity contribution is 0.198. The second kappa shape index (κ2) is 4.06. The number of nitrogens with zero attached hydrogens (tertiary/aromatic N) is 2. The third-order valence-corrected chi connectivity index (χ3v) is 2.54. The van der Waals surface area contributed by atoms with E-state index in [2.05, 4.69) is 4.98 Å². The first-order valence-corrected chi connectivity index (χ1v) is 5.06. The maximum Gasteiger partial charge on any atom is 0.126 e. The van der Waals surface area contributed by atoms with Gasteiger partial charge in [-0.15, -0.1) is 0 Å². The zero-order chi connectivity index (χ0) is 11.7. The standard InChI is InChI=1S/C12H13FN2O/c1-8-5-12(15-4-3-14-7-15)10(9(2)16)6-11(8)13/h3-7,9,16H,1-2H3. The van der Waals surface area contributed by atoms with Crippen LogP contribution in [0.25, 0.3) is 5.69 Å². The molecule has 2 aromatic rings. The van der Waals surface area contributed by atoms with Gasteiger partial charge in [-0.3, -0.25) is 0 Å². The maximum atomic E-state index is 13.4. The summed E-state index contributed by atoms with van der Waals surface area (Å²) in [6, 6.07) is 3.08. The first-order chi connectivity index (χ1) is 7.59. The maximum absolute atomic E-state index is 13.4. The summed E-state index contributed by atoms with van der Waals surface area (Å²) in [5.74, 6) is -0.306. The highest BCUT2D eigenvalue weighted by molar-refractivity contribution is 5.45. The Morgan fingerprint density at radius 1 is 1.44 bits per heavy atom. The highest BCUT2D eigenvalue weighted by Gasteiger charge is 2.12. The van der Waals surface area contributed by atoms with Crippen LogP contribution in [0.3, 0.4) is 0 Å². The minimum atomic E-state index is -0.715. The summed E-state index contributed by atoms with van der Waals surface area (Å²) in [6.45, 7) is 3.31. The van der Waals surface area contributed by atoms with E-state index in [1.165, 1.54) is 6.07 Å². The van der Waals surface area contributed by atoms with Crippen LogP contribution in [0.4, 0.5) is 4.39 Å². The number of rotatable bonds is 2. The van der Waals surface area contributed by atoms with Crippen molar-refractivity contribution >= 4 is 0 Å². The highest BCUT2D eigenvalue weighted by atomic mass is 19.1. The number of hydrogen-bond acceptors (Lipinski definition) is 2. The molecule has 0 spiro atoms. The Morgan fingerprint density at radius 3 is 2.75 bits per heavy atom. The largest absolute Gasteiger partial charge is 0.389 e. The average molecular weight is 220 g/mol. The van der Waals surface area contributed by atoms with Crippen LogP contribution in [0, 0.1) is 12.7 Å². The molecule has 0 saturated heterocycles. The summed E-state index contributed by atoms with van der Waals surface area (Å²) in [5, 5.41) is 9.62. The van der Waals surface area contributed by atoms with Gasteiger partial charge >= 0.3 is 0 Å². The number of imidazole rings is 1. The number of aliphatic hydroxyl groups excluding tert-OH is 1. The number of benzene rings is 1. The minimum Gasteiger partial charge on any atom is -0.389 e. The molecule has 0 amide bonds. The molecule has 0 saturated carbocycles. The van der Waals surface area contributed by atoms with Crippen molar-refractivity contribution in [2.75, 3.05) is 0 Å². The van der Waals surface area contributed by atoms with Crippen LogP contribution in [-0.2, 0) is 0 Å². The van der Waals surface area contributed by atoms with E-state index in [1.807, 2.05) is 0 Å². The van der Waals surface area contributed by atoms with E-state index in [9.17, 15) is 9.50 Å². The van der Waals surface area contributed by atoms with Crippen molar-refractivity contribution in [1.82, 2.24) is 9.55 Å². The van der Waals surface area contributed by atoms with Crippen molar-refractivity contribution in [2.24, 2.45) is 0 Å². The Bertz CT molecular complexity index is 492. The number of hydrogen-bond donors (Lipinski definition) is 1.